The summed E-state index contributed by atoms with van der Waals surface area (Å²) in [5, 5.41) is 0.988. The lowest BCUT2D eigenvalue weighted by Gasteiger charge is -2.09. The summed E-state index contributed by atoms with van der Waals surface area (Å²) in [6.45, 7) is 3.21. The predicted octanol–water partition coefficient (Wildman–Crippen LogP) is 2.63. The number of hydrogen-bond acceptors (Lipinski definition) is 3. The second-order valence-electron chi connectivity index (χ2n) is 4.90. The number of hydrogen-bond donors (Lipinski definition) is 0. The highest BCUT2D eigenvalue weighted by Gasteiger charge is 2.11. The molecule has 0 aliphatic rings. The third-order valence-corrected chi connectivity index (χ3v) is 3.02. The van der Waals surface area contributed by atoms with Crippen molar-refractivity contribution in [1.29, 1.82) is 0 Å². The lowest BCUT2D eigenvalue weighted by molar-refractivity contribution is 0.0941. The summed E-state index contributed by atoms with van der Waals surface area (Å²) in [5.41, 5.74) is 0.901. The van der Waals surface area contributed by atoms with E-state index in [1.165, 1.54) is 0 Å². The van der Waals surface area contributed by atoms with Gasteiger partial charge in [-0.2, -0.15) is 0 Å². The van der Waals surface area contributed by atoms with E-state index in [2.05, 4.69) is 4.90 Å². The number of fused-ring (bicyclic) bond motifs is 1. The van der Waals surface area contributed by atoms with E-state index in [0.717, 1.165) is 29.6 Å². The standard InChI is InChI=1S/C15H20N2O2/c1-12(18)17-11-15(19-10-6-9-16(2)3)13-7-4-5-8-14(13)17/h4-5,7-8,11H,6,9-10H2,1-3H3. The number of nitrogens with zero attached hydrogens (tertiary/aromatic N) is 2. The van der Waals surface area contributed by atoms with E-state index in [4.69, 9.17) is 4.74 Å². The number of ether oxygens (including phenoxy) is 1. The molecule has 0 aliphatic heterocycles. The predicted molar refractivity (Wildman–Crippen MR) is 76.9 cm³/mol. The molecule has 0 aliphatic carbocycles. The molecule has 0 unspecified atom stereocenters. The maximum atomic E-state index is 11.6. The zero-order valence-electron chi connectivity index (χ0n) is 11.7. The molecule has 102 valence electrons. The van der Waals surface area contributed by atoms with E-state index < -0.39 is 0 Å². The molecular formula is C15H20N2O2. The van der Waals surface area contributed by atoms with Crippen molar-refractivity contribution in [2.45, 2.75) is 13.3 Å². The van der Waals surface area contributed by atoms with Crippen LogP contribution in [0.5, 0.6) is 5.75 Å². The molecule has 2 aromatic rings. The van der Waals surface area contributed by atoms with Gasteiger partial charge in [0.1, 0.15) is 5.75 Å². The Morgan fingerprint density at radius 1 is 1.32 bits per heavy atom. The van der Waals surface area contributed by atoms with E-state index in [9.17, 15) is 4.79 Å². The summed E-state index contributed by atoms with van der Waals surface area (Å²) in [4.78, 5) is 13.7. The number of para-hydroxylation sites is 1. The van der Waals surface area contributed by atoms with Gasteiger partial charge in [-0.3, -0.25) is 9.36 Å². The lowest BCUT2D eigenvalue weighted by Crippen LogP contribution is -2.15. The second-order valence-corrected chi connectivity index (χ2v) is 4.90. The van der Waals surface area contributed by atoms with Gasteiger partial charge in [0.25, 0.3) is 0 Å². The van der Waals surface area contributed by atoms with Crippen LogP contribution in [-0.2, 0) is 0 Å². The van der Waals surface area contributed by atoms with Crippen molar-refractivity contribution < 1.29 is 9.53 Å². The largest absolute Gasteiger partial charge is 0.491 e. The first-order chi connectivity index (χ1) is 9.09. The molecule has 0 saturated carbocycles. The first-order valence-corrected chi connectivity index (χ1v) is 6.48. The normalized spacial score (nSPS) is 11.2. The zero-order valence-corrected chi connectivity index (χ0v) is 11.7. The molecule has 0 saturated heterocycles. The van der Waals surface area contributed by atoms with Gasteiger partial charge in [-0.15, -0.1) is 0 Å². The van der Waals surface area contributed by atoms with Crippen molar-refractivity contribution in [1.82, 2.24) is 9.47 Å². The lowest BCUT2D eigenvalue weighted by atomic mass is 10.2. The van der Waals surface area contributed by atoms with Gasteiger partial charge in [-0.25, -0.2) is 0 Å². The first kappa shape index (κ1) is 13.6. The minimum absolute atomic E-state index is 0.000610. The van der Waals surface area contributed by atoms with E-state index in [-0.39, 0.29) is 5.91 Å². The first-order valence-electron chi connectivity index (χ1n) is 6.48. The molecule has 0 bridgehead atoms. The number of rotatable bonds is 5. The van der Waals surface area contributed by atoms with Gasteiger partial charge in [-0.05, 0) is 32.6 Å². The third-order valence-electron chi connectivity index (χ3n) is 3.02. The minimum Gasteiger partial charge on any atom is -0.491 e. The fraction of sp³-hybridized carbons (Fsp3) is 0.400. The van der Waals surface area contributed by atoms with Crippen molar-refractivity contribution >= 4 is 16.8 Å². The highest BCUT2D eigenvalue weighted by molar-refractivity contribution is 5.95. The molecular weight excluding hydrogens is 240 g/mol. The molecule has 4 heteroatoms. The van der Waals surface area contributed by atoms with Crippen molar-refractivity contribution in [3.8, 4) is 5.75 Å². The number of aromatic nitrogens is 1. The molecule has 1 heterocycles. The van der Waals surface area contributed by atoms with Gasteiger partial charge in [0.05, 0.1) is 18.3 Å². The Hall–Kier alpha value is -1.81. The van der Waals surface area contributed by atoms with Crippen LogP contribution in [-0.4, -0.2) is 42.6 Å². The molecule has 19 heavy (non-hydrogen) atoms. The van der Waals surface area contributed by atoms with Crippen LogP contribution < -0.4 is 4.74 Å². The Morgan fingerprint density at radius 3 is 2.74 bits per heavy atom. The van der Waals surface area contributed by atoms with Crippen molar-refractivity contribution in [2.75, 3.05) is 27.2 Å². The van der Waals surface area contributed by atoms with Crippen LogP contribution in [0.2, 0.25) is 0 Å². The quantitative estimate of drug-likeness (QED) is 0.775. The molecule has 1 aromatic carbocycles. The average Bonchev–Trinajstić information content (AvgIpc) is 2.74. The van der Waals surface area contributed by atoms with E-state index in [1.54, 1.807) is 17.7 Å². The van der Waals surface area contributed by atoms with Gasteiger partial charge >= 0.3 is 0 Å². The van der Waals surface area contributed by atoms with Crippen LogP contribution >= 0.6 is 0 Å². The Bertz CT molecular complexity index is 573. The van der Waals surface area contributed by atoms with E-state index in [1.807, 2.05) is 38.4 Å². The molecule has 0 radical (unpaired) electrons. The summed E-state index contributed by atoms with van der Waals surface area (Å²) >= 11 is 0. The monoisotopic (exact) mass is 260 g/mol. The third kappa shape index (κ3) is 3.15. The maximum Gasteiger partial charge on any atom is 0.228 e. The zero-order chi connectivity index (χ0) is 13.8. The molecule has 0 spiro atoms. The fourth-order valence-electron chi connectivity index (χ4n) is 2.09. The van der Waals surface area contributed by atoms with E-state index in [0.29, 0.717) is 6.61 Å². The Balaban J connectivity index is 2.16. The SMILES string of the molecule is CC(=O)n1cc(OCCCN(C)C)c2ccccc21. The topological polar surface area (TPSA) is 34.5 Å². The fourth-order valence-corrected chi connectivity index (χ4v) is 2.09. The van der Waals surface area contributed by atoms with Gasteiger partial charge in [0, 0.05) is 18.9 Å². The molecule has 4 nitrogen and oxygen atoms in total. The number of carbonyl (C=O) groups excluding carboxylic acids is 1. The van der Waals surface area contributed by atoms with Gasteiger partial charge in [-0.1, -0.05) is 12.1 Å². The summed E-state index contributed by atoms with van der Waals surface area (Å²) < 4.78 is 7.44. The van der Waals surface area contributed by atoms with Crippen LogP contribution in [0.3, 0.4) is 0 Å². The van der Waals surface area contributed by atoms with Crippen LogP contribution in [0, 0.1) is 0 Å². The number of benzene rings is 1. The Labute approximate surface area is 113 Å². The molecule has 0 fully saturated rings. The highest BCUT2D eigenvalue weighted by atomic mass is 16.5. The highest BCUT2D eigenvalue weighted by Crippen LogP contribution is 2.27. The van der Waals surface area contributed by atoms with Gasteiger partial charge < -0.3 is 9.64 Å². The second kappa shape index (κ2) is 5.89. The minimum atomic E-state index is -0.000610. The Morgan fingerprint density at radius 2 is 2.05 bits per heavy atom. The summed E-state index contributed by atoms with van der Waals surface area (Å²) in [5.74, 6) is 0.781. The van der Waals surface area contributed by atoms with Crippen LogP contribution in [0.15, 0.2) is 30.5 Å². The van der Waals surface area contributed by atoms with Crippen molar-refractivity contribution in [2.24, 2.45) is 0 Å². The smallest absolute Gasteiger partial charge is 0.228 e. The van der Waals surface area contributed by atoms with Crippen LogP contribution in [0.4, 0.5) is 0 Å². The summed E-state index contributed by atoms with van der Waals surface area (Å²) in [6.07, 6.45) is 2.75. The summed E-state index contributed by atoms with van der Waals surface area (Å²) in [7, 11) is 4.09. The average molecular weight is 260 g/mol. The molecule has 1 aromatic heterocycles. The van der Waals surface area contributed by atoms with Gasteiger partial charge in [0.15, 0.2) is 0 Å². The Kier molecular flexibility index (Phi) is 4.22. The number of carbonyl (C=O) groups is 1. The van der Waals surface area contributed by atoms with Crippen molar-refractivity contribution in [3.05, 3.63) is 30.5 Å². The molecule has 2 rings (SSSR count). The maximum absolute atomic E-state index is 11.6. The van der Waals surface area contributed by atoms with Crippen LogP contribution in [0.1, 0.15) is 18.1 Å². The van der Waals surface area contributed by atoms with Crippen molar-refractivity contribution in [3.63, 3.8) is 0 Å². The van der Waals surface area contributed by atoms with Crippen LogP contribution in [0.25, 0.3) is 10.9 Å². The molecule has 0 N–H and O–H groups in total. The van der Waals surface area contributed by atoms with Gasteiger partial charge in [0.2, 0.25) is 5.91 Å². The molecule has 0 atom stereocenters. The summed E-state index contributed by atoms with van der Waals surface area (Å²) in [6, 6.07) is 7.80. The molecule has 0 amide bonds. The van der Waals surface area contributed by atoms with E-state index >= 15 is 0 Å².